The van der Waals surface area contributed by atoms with Gasteiger partial charge in [0.15, 0.2) is 0 Å². The first-order valence-corrected chi connectivity index (χ1v) is 8.73. The number of hydrogen-bond acceptors (Lipinski definition) is 5. The zero-order valence-corrected chi connectivity index (χ0v) is 15.4. The summed E-state index contributed by atoms with van der Waals surface area (Å²) >= 11 is 6.23. The molecule has 136 valence electrons. The zero-order chi connectivity index (χ0) is 18.8. The largest absolute Gasteiger partial charge is 0.368 e. The van der Waals surface area contributed by atoms with Crippen LogP contribution in [0.1, 0.15) is 35.5 Å². The minimum absolute atomic E-state index is 0.121. The molecule has 1 aliphatic rings. The molecule has 2 heterocycles. The molecule has 3 N–H and O–H groups in total. The molecule has 1 aromatic carbocycles. The summed E-state index contributed by atoms with van der Waals surface area (Å²) < 4.78 is 0. The van der Waals surface area contributed by atoms with Gasteiger partial charge in [-0.3, -0.25) is 9.59 Å². The highest BCUT2D eigenvalue weighted by Crippen LogP contribution is 2.25. The second-order valence-corrected chi connectivity index (χ2v) is 6.92. The van der Waals surface area contributed by atoms with E-state index in [-0.39, 0.29) is 23.7 Å². The summed E-state index contributed by atoms with van der Waals surface area (Å²) in [4.78, 5) is 34.7. The van der Waals surface area contributed by atoms with Crippen molar-refractivity contribution in [1.82, 2.24) is 14.9 Å². The fourth-order valence-corrected chi connectivity index (χ4v) is 2.91. The molecule has 0 fully saturated rings. The minimum atomic E-state index is -0.210. The average molecular weight is 374 g/mol. The molecule has 0 saturated carbocycles. The van der Waals surface area contributed by atoms with E-state index in [1.54, 1.807) is 43.1 Å². The fraction of sp³-hybridized carbons (Fsp3) is 0.333. The number of halogens is 1. The molecule has 0 saturated heterocycles. The van der Waals surface area contributed by atoms with Crippen molar-refractivity contribution >= 4 is 35.1 Å². The first-order chi connectivity index (χ1) is 12.3. The summed E-state index contributed by atoms with van der Waals surface area (Å²) in [5.41, 5.74) is 8.27. The third-order valence-electron chi connectivity index (χ3n) is 4.24. The van der Waals surface area contributed by atoms with E-state index in [9.17, 15) is 9.59 Å². The number of nitrogens with zero attached hydrogens (tertiary/aromatic N) is 3. The van der Waals surface area contributed by atoms with Crippen molar-refractivity contribution in [3.05, 3.63) is 46.2 Å². The van der Waals surface area contributed by atoms with E-state index in [2.05, 4.69) is 15.3 Å². The Morgan fingerprint density at radius 1 is 1.35 bits per heavy atom. The number of rotatable bonds is 3. The summed E-state index contributed by atoms with van der Waals surface area (Å²) in [5.74, 6) is -0.300. The van der Waals surface area contributed by atoms with Crippen LogP contribution in [0.3, 0.4) is 0 Å². The highest BCUT2D eigenvalue weighted by atomic mass is 35.5. The van der Waals surface area contributed by atoms with Crippen molar-refractivity contribution < 1.29 is 9.59 Å². The van der Waals surface area contributed by atoms with E-state index in [1.807, 2.05) is 0 Å². The van der Waals surface area contributed by atoms with Crippen LogP contribution >= 0.6 is 11.6 Å². The third kappa shape index (κ3) is 3.77. The van der Waals surface area contributed by atoms with E-state index in [1.165, 1.54) is 0 Å². The molecule has 7 nitrogen and oxygen atoms in total. The molecule has 0 unspecified atom stereocenters. The fourth-order valence-electron chi connectivity index (χ4n) is 2.72. The molecule has 0 spiro atoms. The number of anilines is 2. The number of nitrogens with one attached hydrogen (secondary N) is 1. The molecule has 3 rings (SSSR count). The van der Waals surface area contributed by atoms with Crippen LogP contribution in [0.4, 0.5) is 11.6 Å². The van der Waals surface area contributed by atoms with Gasteiger partial charge in [-0.05, 0) is 30.2 Å². The number of aromatic nitrogens is 2. The lowest BCUT2D eigenvalue weighted by Crippen LogP contribution is -2.37. The first-order valence-electron chi connectivity index (χ1n) is 8.35. The maximum Gasteiger partial charge on any atom is 0.255 e. The predicted molar refractivity (Wildman–Crippen MR) is 99.8 cm³/mol. The molecule has 1 aromatic heterocycles. The number of amides is 2. The van der Waals surface area contributed by atoms with Gasteiger partial charge in [0.25, 0.3) is 5.91 Å². The molecule has 1 aliphatic heterocycles. The Balaban J connectivity index is 1.82. The topological polar surface area (TPSA) is 101 Å². The summed E-state index contributed by atoms with van der Waals surface area (Å²) in [6.45, 7) is 4.49. The normalized spacial score (nSPS) is 13.5. The molecule has 0 aliphatic carbocycles. The number of carbonyl (C=O) groups is 2. The van der Waals surface area contributed by atoms with Crippen LogP contribution in [0.5, 0.6) is 0 Å². The Morgan fingerprint density at radius 3 is 2.85 bits per heavy atom. The average Bonchev–Trinajstić information content (AvgIpc) is 2.61. The molecule has 8 heteroatoms. The van der Waals surface area contributed by atoms with Gasteiger partial charge in [0, 0.05) is 24.3 Å². The Morgan fingerprint density at radius 2 is 2.12 bits per heavy atom. The van der Waals surface area contributed by atoms with Gasteiger partial charge >= 0.3 is 0 Å². The molecule has 2 amide bonds. The van der Waals surface area contributed by atoms with Crippen molar-refractivity contribution in [3.63, 3.8) is 0 Å². The van der Waals surface area contributed by atoms with Gasteiger partial charge in [0.2, 0.25) is 11.9 Å². The van der Waals surface area contributed by atoms with Crippen LogP contribution in [-0.2, 0) is 17.8 Å². The maximum atomic E-state index is 12.9. The molecular weight excluding hydrogens is 354 g/mol. The zero-order valence-electron chi connectivity index (χ0n) is 14.6. The summed E-state index contributed by atoms with van der Waals surface area (Å²) in [6, 6.07) is 4.90. The monoisotopic (exact) mass is 373 g/mol. The molecule has 26 heavy (non-hydrogen) atoms. The van der Waals surface area contributed by atoms with Gasteiger partial charge in [0.05, 0.1) is 22.8 Å². The van der Waals surface area contributed by atoms with E-state index in [0.717, 1.165) is 11.3 Å². The quantitative estimate of drug-likeness (QED) is 0.860. The van der Waals surface area contributed by atoms with Gasteiger partial charge in [-0.1, -0.05) is 25.4 Å². The Hall–Kier alpha value is -2.67. The lowest BCUT2D eigenvalue weighted by atomic mass is 10.1. The van der Waals surface area contributed by atoms with E-state index in [4.69, 9.17) is 17.3 Å². The summed E-state index contributed by atoms with van der Waals surface area (Å²) in [6.07, 6.45) is 2.36. The molecule has 2 aromatic rings. The second kappa shape index (κ2) is 7.29. The predicted octanol–water partition coefficient (Wildman–Crippen LogP) is 2.51. The van der Waals surface area contributed by atoms with Crippen molar-refractivity contribution in [1.29, 1.82) is 0 Å². The molecule has 0 bridgehead atoms. The SMILES string of the molecule is CC(C)C(=O)Nc1ccc(Cl)c(C(=O)N2CCc3cnc(N)nc3C2)c1. The Labute approximate surface area is 156 Å². The van der Waals surface area contributed by atoms with Gasteiger partial charge in [-0.15, -0.1) is 0 Å². The number of hydrogen-bond donors (Lipinski definition) is 2. The van der Waals surface area contributed by atoms with Gasteiger partial charge < -0.3 is 16.0 Å². The second-order valence-electron chi connectivity index (χ2n) is 6.52. The number of benzene rings is 1. The Bertz CT molecular complexity index is 869. The van der Waals surface area contributed by atoms with Crippen LogP contribution in [-0.4, -0.2) is 33.2 Å². The molecule has 0 atom stereocenters. The third-order valence-corrected chi connectivity index (χ3v) is 4.57. The van der Waals surface area contributed by atoms with E-state index >= 15 is 0 Å². The lowest BCUT2D eigenvalue weighted by molar-refractivity contribution is -0.118. The van der Waals surface area contributed by atoms with Gasteiger partial charge in [-0.25, -0.2) is 9.97 Å². The number of fused-ring (bicyclic) bond motifs is 1. The molecule has 0 radical (unpaired) electrons. The smallest absolute Gasteiger partial charge is 0.255 e. The standard InChI is InChI=1S/C18H20ClN5O2/c1-10(2)16(25)22-12-3-4-14(19)13(7-12)17(26)24-6-5-11-8-21-18(20)23-15(11)9-24/h3-4,7-8,10H,5-6,9H2,1-2H3,(H,22,25)(H2,20,21,23). The summed E-state index contributed by atoms with van der Waals surface area (Å²) in [5, 5.41) is 3.12. The highest BCUT2D eigenvalue weighted by molar-refractivity contribution is 6.34. The number of nitrogens with two attached hydrogens (primary N) is 1. The number of carbonyl (C=O) groups excluding carboxylic acids is 2. The van der Waals surface area contributed by atoms with Crippen molar-refractivity contribution in [2.24, 2.45) is 5.92 Å². The van der Waals surface area contributed by atoms with Gasteiger partial charge in [-0.2, -0.15) is 0 Å². The minimum Gasteiger partial charge on any atom is -0.368 e. The van der Waals surface area contributed by atoms with Crippen molar-refractivity contribution in [2.75, 3.05) is 17.6 Å². The first kappa shape index (κ1) is 18.1. The molecular formula is C18H20ClN5O2. The number of nitrogen functional groups attached to an aromatic ring is 1. The van der Waals surface area contributed by atoms with Crippen LogP contribution < -0.4 is 11.1 Å². The van der Waals surface area contributed by atoms with Gasteiger partial charge in [0.1, 0.15) is 0 Å². The summed E-state index contributed by atoms with van der Waals surface area (Å²) in [7, 11) is 0. The van der Waals surface area contributed by atoms with Crippen LogP contribution in [0.15, 0.2) is 24.4 Å². The van der Waals surface area contributed by atoms with Crippen molar-refractivity contribution in [2.45, 2.75) is 26.8 Å². The maximum absolute atomic E-state index is 12.9. The van der Waals surface area contributed by atoms with Crippen LogP contribution in [0.2, 0.25) is 5.02 Å². The Kier molecular flexibility index (Phi) is 5.08. The lowest BCUT2D eigenvalue weighted by Gasteiger charge is -2.28. The van der Waals surface area contributed by atoms with E-state index < -0.39 is 0 Å². The van der Waals surface area contributed by atoms with Crippen LogP contribution in [0.25, 0.3) is 0 Å². The van der Waals surface area contributed by atoms with Crippen LogP contribution in [0, 0.1) is 5.92 Å². The highest BCUT2D eigenvalue weighted by Gasteiger charge is 2.25. The van der Waals surface area contributed by atoms with E-state index in [0.29, 0.717) is 35.8 Å². The van der Waals surface area contributed by atoms with Crippen molar-refractivity contribution in [3.8, 4) is 0 Å².